The number of nitrogens with one attached hydrogen (secondary N) is 1. The molecular formula is C20H29N3O2. The third-order valence-corrected chi connectivity index (χ3v) is 3.96. The van der Waals surface area contributed by atoms with Gasteiger partial charge in [-0.1, -0.05) is 26.0 Å². The van der Waals surface area contributed by atoms with Crippen molar-refractivity contribution in [1.29, 1.82) is 5.26 Å². The minimum absolute atomic E-state index is 0.142. The summed E-state index contributed by atoms with van der Waals surface area (Å²) in [6, 6.07) is 10.1. The summed E-state index contributed by atoms with van der Waals surface area (Å²) >= 11 is 0. The lowest BCUT2D eigenvalue weighted by Gasteiger charge is -2.24. The molecule has 0 saturated carbocycles. The Morgan fingerprint density at radius 3 is 2.28 bits per heavy atom. The Bertz CT molecular complexity index is 609. The van der Waals surface area contributed by atoms with E-state index in [4.69, 9.17) is 4.74 Å². The molecule has 0 bridgehead atoms. The molecular weight excluding hydrogens is 314 g/mol. The van der Waals surface area contributed by atoms with Crippen LogP contribution < -0.4 is 10.2 Å². The summed E-state index contributed by atoms with van der Waals surface area (Å²) in [5, 5.41) is 12.1. The van der Waals surface area contributed by atoms with Crippen LogP contribution in [0.5, 0.6) is 0 Å². The molecule has 0 aliphatic carbocycles. The van der Waals surface area contributed by atoms with E-state index in [-0.39, 0.29) is 11.5 Å². The van der Waals surface area contributed by atoms with Crippen molar-refractivity contribution in [3.8, 4) is 6.07 Å². The summed E-state index contributed by atoms with van der Waals surface area (Å²) in [4.78, 5) is 14.5. The molecule has 0 aliphatic heterocycles. The van der Waals surface area contributed by atoms with Crippen LogP contribution in [0.2, 0.25) is 0 Å². The quantitative estimate of drug-likeness (QED) is 0.402. The predicted molar refractivity (Wildman–Crippen MR) is 102 cm³/mol. The number of hydrogen-bond acceptors (Lipinski definition) is 4. The van der Waals surface area contributed by atoms with Crippen molar-refractivity contribution in [1.82, 2.24) is 5.32 Å². The number of amides is 1. The van der Waals surface area contributed by atoms with Crippen molar-refractivity contribution >= 4 is 17.2 Å². The highest BCUT2D eigenvalue weighted by Gasteiger charge is 2.14. The average molecular weight is 343 g/mol. The zero-order valence-corrected chi connectivity index (χ0v) is 15.8. The third kappa shape index (κ3) is 6.24. The highest BCUT2D eigenvalue weighted by molar-refractivity contribution is 6.04. The molecule has 1 rings (SSSR count). The lowest BCUT2D eigenvalue weighted by molar-refractivity contribution is -0.117. The number of nitrogens with zero attached hydrogens (tertiary/aromatic N) is 2. The molecule has 1 amide bonds. The summed E-state index contributed by atoms with van der Waals surface area (Å²) < 4.78 is 4.91. The van der Waals surface area contributed by atoms with Crippen molar-refractivity contribution in [2.45, 2.75) is 33.6 Å². The number of benzene rings is 1. The first-order chi connectivity index (χ1) is 12.1. The Labute approximate surface area is 151 Å². The second-order valence-corrected chi connectivity index (χ2v) is 5.89. The highest BCUT2D eigenvalue weighted by Crippen LogP contribution is 2.22. The van der Waals surface area contributed by atoms with Crippen LogP contribution in [0.3, 0.4) is 0 Å². The number of ether oxygens (including phenoxy) is 1. The van der Waals surface area contributed by atoms with E-state index < -0.39 is 0 Å². The first-order valence-corrected chi connectivity index (χ1v) is 8.82. The maximum absolute atomic E-state index is 12.2. The molecule has 25 heavy (non-hydrogen) atoms. The number of carbonyl (C=O) groups is 1. The molecule has 0 aliphatic rings. The van der Waals surface area contributed by atoms with Gasteiger partial charge in [0.05, 0.1) is 6.61 Å². The maximum Gasteiger partial charge on any atom is 0.262 e. The van der Waals surface area contributed by atoms with Crippen LogP contribution in [0, 0.1) is 11.3 Å². The fourth-order valence-electron chi connectivity index (χ4n) is 2.64. The zero-order chi connectivity index (χ0) is 18.7. The number of carbonyl (C=O) groups excluding carboxylic acids is 1. The van der Waals surface area contributed by atoms with Gasteiger partial charge in [0.25, 0.3) is 5.91 Å². The minimum atomic E-state index is -0.361. The van der Waals surface area contributed by atoms with Gasteiger partial charge < -0.3 is 15.0 Å². The lowest BCUT2D eigenvalue weighted by Crippen LogP contribution is -2.28. The van der Waals surface area contributed by atoms with Crippen LogP contribution in [-0.4, -0.2) is 39.3 Å². The monoisotopic (exact) mass is 343 g/mol. The van der Waals surface area contributed by atoms with Crippen LogP contribution >= 0.6 is 0 Å². The number of hydrogen-bond donors (Lipinski definition) is 1. The van der Waals surface area contributed by atoms with Crippen LogP contribution in [0.25, 0.3) is 5.57 Å². The predicted octanol–water partition coefficient (Wildman–Crippen LogP) is 3.37. The lowest BCUT2D eigenvalue weighted by atomic mass is 10.0. The van der Waals surface area contributed by atoms with Crippen LogP contribution in [0.1, 0.15) is 39.2 Å². The summed E-state index contributed by atoms with van der Waals surface area (Å²) in [5.41, 5.74) is 2.88. The molecule has 0 spiro atoms. The van der Waals surface area contributed by atoms with Gasteiger partial charge >= 0.3 is 0 Å². The zero-order valence-electron chi connectivity index (χ0n) is 15.8. The van der Waals surface area contributed by atoms with E-state index in [2.05, 4.69) is 36.2 Å². The van der Waals surface area contributed by atoms with Gasteiger partial charge in [0.2, 0.25) is 0 Å². The number of rotatable bonds is 10. The van der Waals surface area contributed by atoms with Gasteiger partial charge in [-0.25, -0.2) is 0 Å². The van der Waals surface area contributed by atoms with Crippen molar-refractivity contribution in [2.75, 3.05) is 38.3 Å². The number of allylic oxidation sites excluding steroid dienone is 1. The smallest absolute Gasteiger partial charge is 0.262 e. The van der Waals surface area contributed by atoms with Crippen molar-refractivity contribution in [3.05, 3.63) is 35.4 Å². The van der Waals surface area contributed by atoms with E-state index in [1.54, 1.807) is 14.0 Å². The van der Waals surface area contributed by atoms with Gasteiger partial charge in [0.15, 0.2) is 0 Å². The molecule has 0 saturated heterocycles. The Balaban J connectivity index is 2.97. The van der Waals surface area contributed by atoms with Crippen molar-refractivity contribution < 1.29 is 9.53 Å². The summed E-state index contributed by atoms with van der Waals surface area (Å²) in [6.45, 7) is 9.00. The molecule has 1 N–H and O–H groups in total. The molecule has 0 atom stereocenters. The van der Waals surface area contributed by atoms with Crippen LogP contribution in [0.15, 0.2) is 29.8 Å². The van der Waals surface area contributed by atoms with E-state index in [1.807, 2.05) is 18.2 Å². The minimum Gasteiger partial charge on any atom is -0.383 e. The van der Waals surface area contributed by atoms with Gasteiger partial charge in [0.1, 0.15) is 11.6 Å². The fourth-order valence-corrected chi connectivity index (χ4v) is 2.64. The summed E-state index contributed by atoms with van der Waals surface area (Å²) in [6.07, 6.45) is 2.20. The largest absolute Gasteiger partial charge is 0.383 e. The molecule has 0 heterocycles. The Morgan fingerprint density at radius 1 is 1.20 bits per heavy atom. The van der Waals surface area contributed by atoms with Gasteiger partial charge in [0, 0.05) is 32.4 Å². The molecule has 0 radical (unpaired) electrons. The Morgan fingerprint density at radius 2 is 1.80 bits per heavy atom. The number of methoxy groups -OCH3 is 1. The highest BCUT2D eigenvalue weighted by atomic mass is 16.5. The standard InChI is InChI=1S/C20H29N3O2/c1-5-12-23(13-6-2)18-9-7-17(8-10-18)16(3)19(15-21)20(24)22-11-14-25-4/h7-10H,5-6,11-14H2,1-4H3,(H,22,24)/b19-16+. The van der Waals surface area contributed by atoms with Gasteiger partial charge in [-0.05, 0) is 43.0 Å². The Kier molecular flexibility index (Phi) is 9.34. The molecule has 5 heteroatoms. The van der Waals surface area contributed by atoms with Crippen LogP contribution in [-0.2, 0) is 9.53 Å². The van der Waals surface area contributed by atoms with E-state index >= 15 is 0 Å². The normalized spacial score (nSPS) is 11.5. The van der Waals surface area contributed by atoms with E-state index in [0.717, 1.165) is 31.5 Å². The second kappa shape index (κ2) is 11.3. The molecule has 136 valence electrons. The van der Waals surface area contributed by atoms with E-state index in [9.17, 15) is 10.1 Å². The van der Waals surface area contributed by atoms with Crippen molar-refractivity contribution in [3.63, 3.8) is 0 Å². The fraction of sp³-hybridized carbons (Fsp3) is 0.500. The maximum atomic E-state index is 12.2. The van der Waals surface area contributed by atoms with E-state index in [0.29, 0.717) is 18.7 Å². The molecule has 5 nitrogen and oxygen atoms in total. The van der Waals surface area contributed by atoms with Gasteiger partial charge in [-0.15, -0.1) is 0 Å². The summed E-state index contributed by atoms with van der Waals surface area (Å²) in [7, 11) is 1.57. The van der Waals surface area contributed by atoms with E-state index in [1.165, 1.54) is 5.69 Å². The SMILES string of the molecule is CCCN(CCC)c1ccc(/C(C)=C(\C#N)C(=O)NCCOC)cc1. The number of anilines is 1. The third-order valence-electron chi connectivity index (χ3n) is 3.96. The van der Waals surface area contributed by atoms with Crippen molar-refractivity contribution in [2.24, 2.45) is 0 Å². The molecule has 0 fully saturated rings. The first-order valence-electron chi connectivity index (χ1n) is 8.82. The topological polar surface area (TPSA) is 65.4 Å². The number of nitriles is 1. The van der Waals surface area contributed by atoms with Gasteiger partial charge in [-0.2, -0.15) is 5.26 Å². The average Bonchev–Trinajstić information content (AvgIpc) is 2.62. The molecule has 1 aromatic carbocycles. The first kappa shape index (κ1) is 20.7. The molecule has 0 unspecified atom stereocenters. The Hall–Kier alpha value is -2.32. The molecule has 0 aromatic heterocycles. The summed E-state index contributed by atoms with van der Waals surface area (Å²) in [5.74, 6) is -0.361. The van der Waals surface area contributed by atoms with Crippen LogP contribution in [0.4, 0.5) is 5.69 Å². The van der Waals surface area contributed by atoms with Gasteiger partial charge in [-0.3, -0.25) is 4.79 Å². The molecule has 1 aromatic rings. The second-order valence-electron chi connectivity index (χ2n) is 5.89.